The van der Waals surface area contributed by atoms with Crippen LogP contribution in [0.1, 0.15) is 37.4 Å². The number of nitrogens with one attached hydrogen (secondary N) is 2. The average Bonchev–Trinajstić information content (AvgIpc) is 2.90. The van der Waals surface area contributed by atoms with E-state index in [9.17, 15) is 33.0 Å². The first kappa shape index (κ1) is 31.1. The summed E-state index contributed by atoms with van der Waals surface area (Å²) in [6, 6.07) is 14.1. The molecule has 8 nitrogen and oxygen atoms in total. The summed E-state index contributed by atoms with van der Waals surface area (Å²) >= 11 is 11.7. The van der Waals surface area contributed by atoms with Crippen molar-refractivity contribution in [3.63, 3.8) is 0 Å². The topological polar surface area (TPSA) is 114 Å². The summed E-state index contributed by atoms with van der Waals surface area (Å²) in [5, 5.41) is 24.5. The minimum absolute atomic E-state index is 0.0293. The van der Waals surface area contributed by atoms with Gasteiger partial charge in [0.05, 0.1) is 41.3 Å². The van der Waals surface area contributed by atoms with Crippen molar-refractivity contribution in [1.29, 1.82) is 0 Å². The zero-order valence-corrected chi connectivity index (χ0v) is 22.4. The van der Waals surface area contributed by atoms with Gasteiger partial charge in [0.1, 0.15) is 0 Å². The van der Waals surface area contributed by atoms with E-state index in [4.69, 9.17) is 23.2 Å². The van der Waals surface area contributed by atoms with Crippen LogP contribution in [-0.4, -0.2) is 59.4 Å². The van der Waals surface area contributed by atoms with Crippen molar-refractivity contribution in [3.8, 4) is 0 Å². The van der Waals surface area contributed by atoms with Crippen LogP contribution in [0.25, 0.3) is 0 Å². The van der Waals surface area contributed by atoms with Crippen molar-refractivity contribution < 1.29 is 33.0 Å². The smallest absolute Gasteiger partial charge is 0.395 e. The predicted molar refractivity (Wildman–Crippen MR) is 147 cm³/mol. The van der Waals surface area contributed by atoms with E-state index in [1.54, 1.807) is 24.3 Å². The molecule has 0 saturated heterocycles. The second kappa shape index (κ2) is 14.2. The van der Waals surface area contributed by atoms with E-state index >= 15 is 0 Å². The number of halogens is 5. The van der Waals surface area contributed by atoms with Gasteiger partial charge in [0.25, 0.3) is 11.8 Å². The molecule has 0 aliphatic heterocycles. The second-order valence-electron chi connectivity index (χ2n) is 8.50. The lowest BCUT2D eigenvalue weighted by molar-refractivity contribution is -0.137. The van der Waals surface area contributed by atoms with Gasteiger partial charge in [-0.2, -0.15) is 18.3 Å². The lowest BCUT2D eigenvalue weighted by atomic mass is 10.1. The van der Waals surface area contributed by atoms with Gasteiger partial charge in [-0.05, 0) is 53.6 Å². The number of rotatable bonds is 11. The molecule has 0 aromatic heterocycles. The van der Waals surface area contributed by atoms with E-state index in [2.05, 4.69) is 15.8 Å². The van der Waals surface area contributed by atoms with Gasteiger partial charge in [0, 0.05) is 30.2 Å². The highest BCUT2D eigenvalue weighted by Crippen LogP contribution is 2.34. The minimum atomic E-state index is -4.66. The lowest BCUT2D eigenvalue weighted by Gasteiger charge is -2.20. The Morgan fingerprint density at radius 1 is 0.950 bits per heavy atom. The van der Waals surface area contributed by atoms with Crippen LogP contribution in [0.15, 0.2) is 65.8 Å². The van der Waals surface area contributed by atoms with E-state index in [0.717, 1.165) is 23.9 Å². The monoisotopic (exact) mass is 596 g/mol. The van der Waals surface area contributed by atoms with Crippen molar-refractivity contribution in [2.45, 2.75) is 12.7 Å². The van der Waals surface area contributed by atoms with Gasteiger partial charge in [0.2, 0.25) is 0 Å². The fourth-order valence-corrected chi connectivity index (χ4v) is 4.09. The lowest BCUT2D eigenvalue weighted by Crippen LogP contribution is -2.29. The van der Waals surface area contributed by atoms with E-state index in [0.29, 0.717) is 25.2 Å². The minimum Gasteiger partial charge on any atom is -0.395 e. The number of hydrogen-bond acceptors (Lipinski definition) is 6. The number of amides is 2. The Hall–Kier alpha value is -3.48. The number of aliphatic hydroxyl groups excluding tert-OH is 2. The maximum absolute atomic E-state index is 13.1. The molecule has 40 heavy (non-hydrogen) atoms. The molecule has 0 aliphatic carbocycles. The molecule has 0 unspecified atom stereocenters. The Morgan fingerprint density at radius 2 is 1.68 bits per heavy atom. The fraction of sp³-hybridized carbons (Fsp3) is 0.222. The summed E-state index contributed by atoms with van der Waals surface area (Å²) in [6.07, 6.45) is -3.63. The summed E-state index contributed by atoms with van der Waals surface area (Å²) in [4.78, 5) is 27.7. The highest BCUT2D eigenvalue weighted by molar-refractivity contribution is 6.31. The van der Waals surface area contributed by atoms with Crippen LogP contribution in [0.2, 0.25) is 10.0 Å². The van der Waals surface area contributed by atoms with Gasteiger partial charge < -0.3 is 15.5 Å². The normalized spacial score (nSPS) is 11.7. The van der Waals surface area contributed by atoms with E-state index in [1.165, 1.54) is 24.3 Å². The van der Waals surface area contributed by atoms with Crippen LogP contribution < -0.4 is 10.7 Å². The Labute approximate surface area is 238 Å². The number of carbonyl (C=O) groups is 2. The van der Waals surface area contributed by atoms with Crippen molar-refractivity contribution in [1.82, 2.24) is 10.3 Å². The summed E-state index contributed by atoms with van der Waals surface area (Å²) < 4.78 is 39.3. The highest BCUT2D eigenvalue weighted by atomic mass is 35.5. The van der Waals surface area contributed by atoms with Gasteiger partial charge in [-0.1, -0.05) is 41.4 Å². The molecule has 0 radical (unpaired) electrons. The van der Waals surface area contributed by atoms with Crippen molar-refractivity contribution in [2.75, 3.05) is 31.6 Å². The quantitative estimate of drug-likeness (QED) is 0.187. The van der Waals surface area contributed by atoms with Crippen LogP contribution in [0.3, 0.4) is 0 Å². The number of hydrogen-bond donors (Lipinski definition) is 4. The zero-order valence-electron chi connectivity index (χ0n) is 20.9. The molecule has 0 saturated carbocycles. The Balaban J connectivity index is 1.74. The van der Waals surface area contributed by atoms with Gasteiger partial charge in [-0.3, -0.25) is 14.5 Å². The molecule has 3 aromatic carbocycles. The van der Waals surface area contributed by atoms with Gasteiger partial charge in [-0.15, -0.1) is 0 Å². The van der Waals surface area contributed by atoms with Crippen molar-refractivity contribution >= 4 is 46.9 Å². The Morgan fingerprint density at radius 3 is 2.35 bits per heavy atom. The van der Waals surface area contributed by atoms with Crippen LogP contribution in [-0.2, 0) is 12.7 Å². The molecule has 0 bridgehead atoms. The first-order valence-corrected chi connectivity index (χ1v) is 12.6. The number of nitrogens with zero attached hydrogens (tertiary/aromatic N) is 2. The van der Waals surface area contributed by atoms with Crippen molar-refractivity contribution in [3.05, 3.63) is 98.5 Å². The van der Waals surface area contributed by atoms with Crippen molar-refractivity contribution in [2.24, 2.45) is 5.10 Å². The summed E-state index contributed by atoms with van der Waals surface area (Å²) in [6.45, 7) is 0.932. The Bertz CT molecular complexity index is 1380. The average molecular weight is 597 g/mol. The number of aliphatic hydroxyl groups is 2. The second-order valence-corrected chi connectivity index (χ2v) is 9.35. The fourth-order valence-electron chi connectivity index (χ4n) is 3.70. The molecule has 0 spiro atoms. The molecule has 0 aliphatic rings. The molecular formula is C27H25Cl2F3N4O4. The summed E-state index contributed by atoms with van der Waals surface area (Å²) in [5.74, 6) is -1.28. The standard InChI is InChI=1S/C27H25Cl2F3N4O4/c28-20-5-7-24(34-25(39)19-3-1-2-18(12-19)16-36(8-10-37)9-11-38)21(14-20)26(40)35-33-15-17-4-6-23(29)22(13-17)27(30,31)32/h1-7,12-15,37-38H,8-11,16H2,(H,34,39)(H,35,40)/b33-15+. The molecule has 3 aromatic rings. The molecule has 0 fully saturated rings. The van der Waals surface area contributed by atoms with Crippen LogP contribution in [0.5, 0.6) is 0 Å². The molecule has 0 heterocycles. The molecule has 4 N–H and O–H groups in total. The molecule has 2 amide bonds. The van der Waals surface area contributed by atoms with Crippen LogP contribution in [0, 0.1) is 0 Å². The van der Waals surface area contributed by atoms with Gasteiger partial charge in [-0.25, -0.2) is 5.43 Å². The Kier molecular flexibility index (Phi) is 11.1. The van der Waals surface area contributed by atoms with E-state index in [-0.39, 0.29) is 35.1 Å². The maximum Gasteiger partial charge on any atom is 0.417 e. The van der Waals surface area contributed by atoms with Crippen LogP contribution in [0.4, 0.5) is 18.9 Å². The summed E-state index contributed by atoms with van der Waals surface area (Å²) in [7, 11) is 0. The van der Waals surface area contributed by atoms with E-state index < -0.39 is 28.6 Å². The third-order valence-electron chi connectivity index (χ3n) is 5.58. The number of benzene rings is 3. The summed E-state index contributed by atoms with van der Waals surface area (Å²) in [5.41, 5.74) is 2.39. The largest absolute Gasteiger partial charge is 0.417 e. The number of carbonyl (C=O) groups excluding carboxylic acids is 2. The highest BCUT2D eigenvalue weighted by Gasteiger charge is 2.33. The first-order chi connectivity index (χ1) is 19.0. The molecule has 0 atom stereocenters. The number of alkyl halides is 3. The van der Waals surface area contributed by atoms with Gasteiger partial charge in [0.15, 0.2) is 0 Å². The molecule has 212 valence electrons. The first-order valence-electron chi connectivity index (χ1n) is 11.9. The van der Waals surface area contributed by atoms with E-state index in [1.807, 2.05) is 4.90 Å². The number of anilines is 1. The number of hydrazone groups is 1. The predicted octanol–water partition coefficient (Wildman–Crippen LogP) is 4.82. The zero-order chi connectivity index (χ0) is 29.3. The molecule has 13 heteroatoms. The third-order valence-corrected chi connectivity index (χ3v) is 6.14. The maximum atomic E-state index is 13.1. The van der Waals surface area contributed by atoms with Crippen LogP contribution >= 0.6 is 23.2 Å². The SMILES string of the molecule is O=C(Nc1ccc(Cl)cc1C(=O)N/N=C/c1ccc(Cl)c(C(F)(F)F)c1)c1cccc(CN(CCO)CCO)c1. The molecule has 3 rings (SSSR count). The molecular weight excluding hydrogens is 572 g/mol. The van der Waals surface area contributed by atoms with Gasteiger partial charge >= 0.3 is 6.18 Å². The third kappa shape index (κ3) is 8.77.